The molecule has 1 amide bonds. The molecule has 21 heavy (non-hydrogen) atoms. The Balaban J connectivity index is 2.29. The van der Waals surface area contributed by atoms with E-state index < -0.39 is 0 Å². The Bertz CT molecular complexity index is 723. The van der Waals surface area contributed by atoms with Gasteiger partial charge < -0.3 is 11.1 Å². The molecular formula is C18H18N2O. The number of carbonyl (C=O) groups excluding carboxylic acids is 1. The van der Waals surface area contributed by atoms with Crippen molar-refractivity contribution in [2.24, 2.45) is 5.73 Å². The maximum atomic E-state index is 12.3. The molecule has 0 heterocycles. The van der Waals surface area contributed by atoms with E-state index in [-0.39, 0.29) is 5.91 Å². The van der Waals surface area contributed by atoms with Crippen molar-refractivity contribution in [3.05, 3.63) is 64.7 Å². The summed E-state index contributed by atoms with van der Waals surface area (Å²) in [5.41, 5.74) is 9.66. The quantitative estimate of drug-likeness (QED) is 0.830. The number of hydrogen-bond donors (Lipinski definition) is 2. The lowest BCUT2D eigenvalue weighted by Crippen LogP contribution is -2.13. The monoisotopic (exact) mass is 278 g/mol. The summed E-state index contributed by atoms with van der Waals surface area (Å²) in [7, 11) is 0. The molecule has 0 aliphatic heterocycles. The molecule has 2 aromatic rings. The molecule has 0 bridgehead atoms. The highest BCUT2D eigenvalue weighted by molar-refractivity contribution is 6.05. The van der Waals surface area contributed by atoms with Crippen molar-refractivity contribution in [1.29, 1.82) is 0 Å². The van der Waals surface area contributed by atoms with Crippen LogP contribution in [0.2, 0.25) is 0 Å². The van der Waals surface area contributed by atoms with Crippen molar-refractivity contribution in [3.8, 4) is 11.8 Å². The van der Waals surface area contributed by atoms with Crippen LogP contribution < -0.4 is 11.1 Å². The Morgan fingerprint density at radius 2 is 1.90 bits per heavy atom. The molecule has 106 valence electrons. The second-order valence-corrected chi connectivity index (χ2v) is 4.88. The largest absolute Gasteiger partial charge is 0.321 e. The second-order valence-electron chi connectivity index (χ2n) is 4.88. The fraction of sp³-hybridized carbons (Fsp3) is 0.167. The normalized spacial score (nSPS) is 9.67. The fourth-order valence-corrected chi connectivity index (χ4v) is 2.00. The lowest BCUT2D eigenvalue weighted by atomic mass is 10.1. The van der Waals surface area contributed by atoms with Crippen LogP contribution in [0, 0.1) is 25.7 Å². The van der Waals surface area contributed by atoms with E-state index in [9.17, 15) is 4.79 Å². The number of aryl methyl sites for hydroxylation is 2. The van der Waals surface area contributed by atoms with Gasteiger partial charge in [0.2, 0.25) is 0 Å². The Kier molecular flexibility index (Phi) is 4.76. The highest BCUT2D eigenvalue weighted by atomic mass is 16.1. The molecule has 0 atom stereocenters. The van der Waals surface area contributed by atoms with Crippen molar-refractivity contribution in [1.82, 2.24) is 0 Å². The van der Waals surface area contributed by atoms with Crippen LogP contribution in [0.3, 0.4) is 0 Å². The number of benzene rings is 2. The van der Waals surface area contributed by atoms with Gasteiger partial charge in [0.25, 0.3) is 5.91 Å². The predicted molar refractivity (Wildman–Crippen MR) is 86.2 cm³/mol. The number of carbonyl (C=O) groups is 1. The van der Waals surface area contributed by atoms with E-state index in [1.54, 1.807) is 6.07 Å². The van der Waals surface area contributed by atoms with E-state index in [1.807, 2.05) is 50.2 Å². The lowest BCUT2D eigenvalue weighted by molar-refractivity contribution is 0.102. The number of amides is 1. The van der Waals surface area contributed by atoms with E-state index in [2.05, 4.69) is 17.2 Å². The van der Waals surface area contributed by atoms with Gasteiger partial charge in [-0.3, -0.25) is 4.79 Å². The van der Waals surface area contributed by atoms with Crippen molar-refractivity contribution in [3.63, 3.8) is 0 Å². The van der Waals surface area contributed by atoms with Crippen LogP contribution in [0.5, 0.6) is 0 Å². The van der Waals surface area contributed by atoms with Gasteiger partial charge in [-0.15, -0.1) is 0 Å². The van der Waals surface area contributed by atoms with Crippen molar-refractivity contribution in [2.75, 3.05) is 11.9 Å². The summed E-state index contributed by atoms with van der Waals surface area (Å²) in [5.74, 6) is 5.67. The fourth-order valence-electron chi connectivity index (χ4n) is 2.00. The molecule has 2 aromatic carbocycles. The molecule has 0 saturated carbocycles. The van der Waals surface area contributed by atoms with E-state index in [0.717, 1.165) is 16.7 Å². The van der Waals surface area contributed by atoms with E-state index in [1.165, 1.54) is 0 Å². The molecule has 3 nitrogen and oxygen atoms in total. The van der Waals surface area contributed by atoms with Gasteiger partial charge in [0.05, 0.1) is 12.2 Å². The van der Waals surface area contributed by atoms with Gasteiger partial charge in [-0.2, -0.15) is 0 Å². The number of nitrogens with two attached hydrogens (primary N) is 1. The molecule has 0 aliphatic rings. The van der Waals surface area contributed by atoms with Gasteiger partial charge >= 0.3 is 0 Å². The highest BCUT2D eigenvalue weighted by Crippen LogP contribution is 2.17. The highest BCUT2D eigenvalue weighted by Gasteiger charge is 2.08. The number of anilines is 1. The standard InChI is InChI=1S/C18H18N2O/c1-13-5-3-6-16(12-13)18(21)20-17-9-8-14(2)11-15(17)7-4-10-19/h3,5-6,8-9,11-12H,10,19H2,1-2H3,(H,20,21). The average molecular weight is 278 g/mol. The Morgan fingerprint density at radius 3 is 2.62 bits per heavy atom. The van der Waals surface area contributed by atoms with Gasteiger partial charge in [0, 0.05) is 11.1 Å². The molecule has 0 unspecified atom stereocenters. The maximum absolute atomic E-state index is 12.3. The zero-order valence-corrected chi connectivity index (χ0v) is 12.2. The van der Waals surface area contributed by atoms with Crippen LogP contribution in [0.25, 0.3) is 0 Å². The van der Waals surface area contributed by atoms with E-state index in [4.69, 9.17) is 5.73 Å². The van der Waals surface area contributed by atoms with Gasteiger partial charge in [-0.1, -0.05) is 35.6 Å². The summed E-state index contributed by atoms with van der Waals surface area (Å²) >= 11 is 0. The Labute approximate surface area is 125 Å². The SMILES string of the molecule is Cc1cccc(C(=O)Nc2ccc(C)cc2C#CCN)c1. The second kappa shape index (κ2) is 6.74. The molecule has 0 aliphatic carbocycles. The molecule has 0 aromatic heterocycles. The number of rotatable bonds is 2. The van der Waals surface area contributed by atoms with Gasteiger partial charge in [-0.05, 0) is 43.7 Å². The smallest absolute Gasteiger partial charge is 0.255 e. The minimum absolute atomic E-state index is 0.140. The number of hydrogen-bond acceptors (Lipinski definition) is 2. The van der Waals surface area contributed by atoms with Crippen molar-refractivity contribution in [2.45, 2.75) is 13.8 Å². The van der Waals surface area contributed by atoms with Crippen LogP contribution in [0.1, 0.15) is 27.0 Å². The van der Waals surface area contributed by atoms with Gasteiger partial charge in [-0.25, -0.2) is 0 Å². The van der Waals surface area contributed by atoms with E-state index in [0.29, 0.717) is 17.8 Å². The minimum Gasteiger partial charge on any atom is -0.321 e. The minimum atomic E-state index is -0.140. The first-order valence-corrected chi connectivity index (χ1v) is 6.78. The third-order valence-corrected chi connectivity index (χ3v) is 3.03. The van der Waals surface area contributed by atoms with Gasteiger partial charge in [0.1, 0.15) is 0 Å². The van der Waals surface area contributed by atoms with Crippen molar-refractivity contribution < 1.29 is 4.79 Å². The topological polar surface area (TPSA) is 55.1 Å². The van der Waals surface area contributed by atoms with Crippen LogP contribution in [-0.4, -0.2) is 12.5 Å². The first kappa shape index (κ1) is 14.8. The van der Waals surface area contributed by atoms with Crippen LogP contribution in [0.15, 0.2) is 42.5 Å². The Hall–Kier alpha value is -2.57. The van der Waals surface area contributed by atoms with Crippen LogP contribution >= 0.6 is 0 Å². The summed E-state index contributed by atoms with van der Waals surface area (Å²) < 4.78 is 0. The molecule has 0 saturated heterocycles. The molecule has 0 spiro atoms. The first-order chi connectivity index (χ1) is 10.1. The summed E-state index contributed by atoms with van der Waals surface area (Å²) in [6.45, 7) is 4.24. The summed E-state index contributed by atoms with van der Waals surface area (Å²) in [4.78, 5) is 12.3. The van der Waals surface area contributed by atoms with Crippen molar-refractivity contribution >= 4 is 11.6 Å². The third kappa shape index (κ3) is 3.95. The van der Waals surface area contributed by atoms with Gasteiger partial charge in [0.15, 0.2) is 0 Å². The molecule has 3 N–H and O–H groups in total. The molecule has 3 heteroatoms. The predicted octanol–water partition coefficient (Wildman–Crippen LogP) is 2.87. The van der Waals surface area contributed by atoms with Crippen LogP contribution in [0.4, 0.5) is 5.69 Å². The maximum Gasteiger partial charge on any atom is 0.255 e. The first-order valence-electron chi connectivity index (χ1n) is 6.78. The molecule has 0 radical (unpaired) electrons. The number of nitrogens with one attached hydrogen (secondary N) is 1. The average Bonchev–Trinajstić information content (AvgIpc) is 2.47. The third-order valence-electron chi connectivity index (χ3n) is 3.03. The molecular weight excluding hydrogens is 260 g/mol. The Morgan fingerprint density at radius 1 is 1.14 bits per heavy atom. The summed E-state index contributed by atoms with van der Waals surface area (Å²) in [6.07, 6.45) is 0. The zero-order chi connectivity index (χ0) is 15.2. The van der Waals surface area contributed by atoms with Crippen LogP contribution in [-0.2, 0) is 0 Å². The van der Waals surface area contributed by atoms with E-state index >= 15 is 0 Å². The molecule has 0 fully saturated rings. The summed E-state index contributed by atoms with van der Waals surface area (Å²) in [6, 6.07) is 13.2. The lowest BCUT2D eigenvalue weighted by Gasteiger charge is -2.09. The summed E-state index contributed by atoms with van der Waals surface area (Å²) in [5, 5.41) is 2.91. The zero-order valence-electron chi connectivity index (χ0n) is 12.2. The molecule has 2 rings (SSSR count).